The molecule has 156 valence electrons. The molecular weight excluding hydrogens is 406 g/mol. The second kappa shape index (κ2) is 9.69. The van der Waals surface area contributed by atoms with Crippen molar-refractivity contribution in [3.63, 3.8) is 0 Å². The summed E-state index contributed by atoms with van der Waals surface area (Å²) in [5, 5.41) is 13.7. The molecule has 0 bridgehead atoms. The number of nitrogens with zero attached hydrogens (tertiary/aromatic N) is 3. The molecule has 3 aromatic rings. The molecule has 0 aromatic carbocycles. The zero-order valence-corrected chi connectivity index (χ0v) is 18.7. The normalized spacial score (nSPS) is 13.7. The average Bonchev–Trinajstić information content (AvgIpc) is 3.07. The molecule has 0 spiro atoms. The van der Waals surface area contributed by atoms with Crippen molar-refractivity contribution in [1.29, 1.82) is 0 Å². The fraction of sp³-hybridized carbons (Fsp3) is 0.500. The molecule has 7 nitrogen and oxygen atoms in total. The van der Waals surface area contributed by atoms with Crippen LogP contribution in [-0.2, 0) is 6.42 Å². The second-order valence-electron chi connectivity index (χ2n) is 7.36. The van der Waals surface area contributed by atoms with Gasteiger partial charge in [-0.1, -0.05) is 49.9 Å². The number of aromatic nitrogens is 4. The molecule has 1 unspecified atom stereocenters. The van der Waals surface area contributed by atoms with Crippen LogP contribution in [-0.4, -0.2) is 37.7 Å². The highest BCUT2D eigenvalue weighted by Gasteiger charge is 2.19. The Kier molecular flexibility index (Phi) is 7.26. The highest BCUT2D eigenvalue weighted by Crippen LogP contribution is 2.35. The molecule has 3 aromatic heterocycles. The third kappa shape index (κ3) is 5.34. The molecule has 0 aliphatic rings. The van der Waals surface area contributed by atoms with Gasteiger partial charge in [-0.25, -0.2) is 9.97 Å². The monoisotopic (exact) mass is 433 g/mol. The van der Waals surface area contributed by atoms with E-state index in [0.29, 0.717) is 27.2 Å². The number of hydrogen-bond acceptors (Lipinski definition) is 8. The van der Waals surface area contributed by atoms with Gasteiger partial charge in [0.2, 0.25) is 0 Å². The number of aliphatic hydroxyl groups is 1. The molecule has 0 aliphatic carbocycles. The van der Waals surface area contributed by atoms with Gasteiger partial charge in [-0.3, -0.25) is 14.8 Å². The number of aryl methyl sites for hydroxylation is 1. The van der Waals surface area contributed by atoms with Crippen LogP contribution >= 0.6 is 23.1 Å². The lowest BCUT2D eigenvalue weighted by Gasteiger charge is -2.19. The maximum absolute atomic E-state index is 11.9. The Hall–Kier alpha value is -1.97. The molecule has 3 rings (SSSR count). The summed E-state index contributed by atoms with van der Waals surface area (Å²) in [7, 11) is 0. The third-order valence-corrected chi connectivity index (χ3v) is 6.40. The summed E-state index contributed by atoms with van der Waals surface area (Å²) in [5.41, 5.74) is 2.74. The van der Waals surface area contributed by atoms with E-state index in [0.717, 1.165) is 29.9 Å². The highest BCUT2D eigenvalue weighted by molar-refractivity contribution is 7.99. The van der Waals surface area contributed by atoms with Crippen LogP contribution in [0.4, 0.5) is 5.82 Å². The number of hydrogen-bond donors (Lipinski definition) is 3. The first-order valence-electron chi connectivity index (χ1n) is 9.79. The van der Waals surface area contributed by atoms with Gasteiger partial charge in [-0.2, -0.15) is 0 Å². The van der Waals surface area contributed by atoms with E-state index in [1.807, 2.05) is 6.07 Å². The SMILES string of the molecule is CCc1cccnc1C(C)Sc1nc(N[C@@H](CO)CC(C)C)c2sc(=O)[nH]c2n1. The lowest BCUT2D eigenvalue weighted by Crippen LogP contribution is -2.26. The highest BCUT2D eigenvalue weighted by atomic mass is 32.2. The lowest BCUT2D eigenvalue weighted by molar-refractivity contribution is 0.259. The minimum absolute atomic E-state index is 0.00429. The van der Waals surface area contributed by atoms with Crippen LogP contribution in [0.15, 0.2) is 28.3 Å². The van der Waals surface area contributed by atoms with E-state index in [1.165, 1.54) is 17.3 Å². The van der Waals surface area contributed by atoms with Gasteiger partial charge < -0.3 is 10.4 Å². The first kappa shape index (κ1) is 21.7. The van der Waals surface area contributed by atoms with Crippen molar-refractivity contribution in [2.24, 2.45) is 5.92 Å². The Morgan fingerprint density at radius 2 is 2.10 bits per heavy atom. The second-order valence-corrected chi connectivity index (χ2v) is 9.65. The maximum Gasteiger partial charge on any atom is 0.306 e. The van der Waals surface area contributed by atoms with Crippen molar-refractivity contribution in [3.05, 3.63) is 39.3 Å². The molecule has 0 saturated heterocycles. The van der Waals surface area contributed by atoms with Gasteiger partial charge in [0.15, 0.2) is 16.6 Å². The Bertz CT molecular complexity index is 1020. The van der Waals surface area contributed by atoms with Gasteiger partial charge in [0.05, 0.1) is 23.6 Å². The Labute approximate surface area is 178 Å². The zero-order valence-electron chi connectivity index (χ0n) is 17.1. The quantitative estimate of drug-likeness (QED) is 0.346. The summed E-state index contributed by atoms with van der Waals surface area (Å²) >= 11 is 2.59. The summed E-state index contributed by atoms with van der Waals surface area (Å²) in [6.45, 7) is 8.40. The van der Waals surface area contributed by atoms with Gasteiger partial charge >= 0.3 is 4.87 Å². The van der Waals surface area contributed by atoms with E-state index < -0.39 is 0 Å². The van der Waals surface area contributed by atoms with Crippen molar-refractivity contribution >= 4 is 39.3 Å². The van der Waals surface area contributed by atoms with Gasteiger partial charge in [0.25, 0.3) is 0 Å². The van der Waals surface area contributed by atoms with E-state index >= 15 is 0 Å². The largest absolute Gasteiger partial charge is 0.394 e. The van der Waals surface area contributed by atoms with Crippen molar-refractivity contribution in [2.75, 3.05) is 11.9 Å². The number of thiazole rings is 1. The van der Waals surface area contributed by atoms with Crippen LogP contribution in [0.3, 0.4) is 0 Å². The van der Waals surface area contributed by atoms with Gasteiger partial charge in [-0.05, 0) is 37.3 Å². The van der Waals surface area contributed by atoms with Crippen LogP contribution in [0, 0.1) is 5.92 Å². The Morgan fingerprint density at radius 3 is 2.79 bits per heavy atom. The molecule has 0 radical (unpaired) electrons. The number of rotatable bonds is 9. The minimum Gasteiger partial charge on any atom is -0.394 e. The molecule has 3 heterocycles. The minimum atomic E-state index is -0.171. The van der Waals surface area contributed by atoms with E-state index in [2.05, 4.69) is 59.0 Å². The summed E-state index contributed by atoms with van der Waals surface area (Å²) < 4.78 is 0.682. The van der Waals surface area contributed by atoms with Crippen LogP contribution in [0.25, 0.3) is 10.3 Å². The number of H-pyrrole nitrogens is 1. The number of anilines is 1. The van der Waals surface area contributed by atoms with E-state index in [4.69, 9.17) is 0 Å². The molecule has 9 heteroatoms. The standard InChI is InChI=1S/C20H27N5O2S2/c1-5-13-7-6-8-21-15(13)12(4)28-19-23-17(22-14(10-26)9-11(2)3)16-18(24-19)25-20(27)29-16/h6-8,11-12,14,26H,5,9-10H2,1-4H3,(H2,22,23,24,25,27)/t12?,14-/m1/s1. The number of aliphatic hydroxyl groups excluding tert-OH is 1. The predicted molar refractivity (Wildman–Crippen MR) is 120 cm³/mol. The van der Waals surface area contributed by atoms with E-state index in [9.17, 15) is 9.90 Å². The summed E-state index contributed by atoms with van der Waals surface area (Å²) in [6.07, 6.45) is 3.51. The zero-order chi connectivity index (χ0) is 21.0. The van der Waals surface area contributed by atoms with Gasteiger partial charge in [0, 0.05) is 6.20 Å². The Balaban J connectivity index is 1.93. The van der Waals surface area contributed by atoms with Crippen LogP contribution in [0.2, 0.25) is 0 Å². The number of nitrogens with one attached hydrogen (secondary N) is 2. The fourth-order valence-corrected chi connectivity index (χ4v) is 4.90. The number of thioether (sulfide) groups is 1. The maximum atomic E-state index is 11.9. The average molecular weight is 434 g/mol. The number of fused-ring (bicyclic) bond motifs is 1. The fourth-order valence-electron chi connectivity index (χ4n) is 3.25. The van der Waals surface area contributed by atoms with E-state index in [1.54, 1.807) is 6.20 Å². The van der Waals surface area contributed by atoms with Crippen LogP contribution in [0.1, 0.15) is 50.6 Å². The topological polar surface area (TPSA) is 104 Å². The lowest BCUT2D eigenvalue weighted by atomic mass is 10.0. The molecule has 0 fully saturated rings. The first-order valence-corrected chi connectivity index (χ1v) is 11.5. The van der Waals surface area contributed by atoms with Gasteiger partial charge in [0.1, 0.15) is 4.70 Å². The predicted octanol–water partition coefficient (Wildman–Crippen LogP) is 4.01. The smallest absolute Gasteiger partial charge is 0.306 e. The molecule has 3 N–H and O–H groups in total. The van der Waals surface area contributed by atoms with Crippen LogP contribution in [0.5, 0.6) is 0 Å². The molecule has 0 amide bonds. The molecular formula is C20H27N5O2S2. The van der Waals surface area contributed by atoms with Crippen molar-refractivity contribution in [3.8, 4) is 0 Å². The number of pyridine rings is 1. The van der Waals surface area contributed by atoms with Gasteiger partial charge in [-0.15, -0.1) is 0 Å². The summed E-state index contributed by atoms with van der Waals surface area (Å²) in [5.74, 6) is 1.01. The summed E-state index contributed by atoms with van der Waals surface area (Å²) in [6, 6.07) is 3.90. The number of aromatic amines is 1. The molecule has 2 atom stereocenters. The van der Waals surface area contributed by atoms with Crippen LogP contribution < -0.4 is 10.2 Å². The summed E-state index contributed by atoms with van der Waals surface area (Å²) in [4.78, 5) is 28.3. The van der Waals surface area contributed by atoms with Crippen molar-refractivity contribution < 1.29 is 5.11 Å². The van der Waals surface area contributed by atoms with Crippen molar-refractivity contribution in [1.82, 2.24) is 19.9 Å². The van der Waals surface area contributed by atoms with E-state index in [-0.39, 0.29) is 22.8 Å². The Morgan fingerprint density at radius 1 is 1.31 bits per heavy atom. The van der Waals surface area contributed by atoms with Crippen molar-refractivity contribution in [2.45, 2.75) is 57.0 Å². The molecule has 29 heavy (non-hydrogen) atoms. The molecule has 0 saturated carbocycles. The third-order valence-electron chi connectivity index (χ3n) is 4.55. The molecule has 0 aliphatic heterocycles. The first-order chi connectivity index (χ1) is 13.9.